The van der Waals surface area contributed by atoms with Crippen molar-refractivity contribution in [1.29, 1.82) is 0 Å². The van der Waals surface area contributed by atoms with E-state index in [0.29, 0.717) is 11.1 Å². The summed E-state index contributed by atoms with van der Waals surface area (Å²) in [6, 6.07) is 1.73. The van der Waals surface area contributed by atoms with Gasteiger partial charge >= 0.3 is 5.97 Å². The first kappa shape index (κ1) is 11.3. The molecule has 0 atom stereocenters. The number of hydrogen-bond donors (Lipinski definition) is 0. The molecule has 3 nitrogen and oxygen atoms in total. The summed E-state index contributed by atoms with van der Waals surface area (Å²) < 4.78 is 4.55. The first-order chi connectivity index (χ1) is 6.60. The molecule has 0 spiro atoms. The molecule has 0 bridgehead atoms. The monoisotopic (exact) mass is 233 g/mol. The SMILES string of the molecule is COC(=O)c1nc(Cl)c(CCl)cc1C. The van der Waals surface area contributed by atoms with Crippen LogP contribution in [0.1, 0.15) is 21.6 Å². The molecule has 0 aliphatic heterocycles. The summed E-state index contributed by atoms with van der Waals surface area (Å²) in [4.78, 5) is 15.1. The molecule has 1 heterocycles. The molecule has 76 valence electrons. The molecule has 0 aromatic carbocycles. The smallest absolute Gasteiger partial charge is 0.356 e. The quantitative estimate of drug-likeness (QED) is 0.448. The fourth-order valence-corrected chi connectivity index (χ4v) is 1.52. The molecule has 0 fully saturated rings. The molecule has 0 radical (unpaired) electrons. The van der Waals surface area contributed by atoms with Gasteiger partial charge in [0.25, 0.3) is 0 Å². The first-order valence-electron chi connectivity index (χ1n) is 3.90. The molecular weight excluding hydrogens is 225 g/mol. The number of aryl methyl sites for hydroxylation is 1. The molecule has 0 saturated heterocycles. The van der Waals surface area contributed by atoms with Crippen LogP contribution in [-0.4, -0.2) is 18.1 Å². The van der Waals surface area contributed by atoms with Crippen LogP contribution in [0.3, 0.4) is 0 Å². The Morgan fingerprint density at radius 2 is 2.29 bits per heavy atom. The van der Waals surface area contributed by atoms with E-state index < -0.39 is 5.97 Å². The molecule has 14 heavy (non-hydrogen) atoms. The minimum Gasteiger partial charge on any atom is -0.464 e. The van der Waals surface area contributed by atoms with Crippen molar-refractivity contribution in [2.75, 3.05) is 7.11 Å². The first-order valence-corrected chi connectivity index (χ1v) is 4.81. The van der Waals surface area contributed by atoms with Crippen molar-refractivity contribution in [3.05, 3.63) is 28.0 Å². The average Bonchev–Trinajstić information content (AvgIpc) is 2.19. The molecule has 1 aromatic heterocycles. The standard InChI is InChI=1S/C9H9Cl2NO2/c1-5-3-6(4-10)8(11)12-7(5)9(13)14-2/h3H,4H2,1-2H3. The van der Waals surface area contributed by atoms with Crippen LogP contribution < -0.4 is 0 Å². The largest absolute Gasteiger partial charge is 0.464 e. The van der Waals surface area contributed by atoms with Gasteiger partial charge in [0, 0.05) is 5.56 Å². The summed E-state index contributed by atoms with van der Waals surface area (Å²) in [5, 5.41) is 0.242. The number of nitrogens with zero attached hydrogens (tertiary/aromatic N) is 1. The number of halogens is 2. The number of methoxy groups -OCH3 is 1. The lowest BCUT2D eigenvalue weighted by molar-refractivity contribution is 0.0593. The zero-order valence-corrected chi connectivity index (χ0v) is 9.32. The molecule has 0 N–H and O–H groups in total. The van der Waals surface area contributed by atoms with E-state index in [1.54, 1.807) is 13.0 Å². The van der Waals surface area contributed by atoms with Crippen LogP contribution in [0, 0.1) is 6.92 Å². The Morgan fingerprint density at radius 3 is 2.79 bits per heavy atom. The van der Waals surface area contributed by atoms with Gasteiger partial charge in [-0.2, -0.15) is 0 Å². The van der Waals surface area contributed by atoms with Gasteiger partial charge in [0.05, 0.1) is 13.0 Å². The summed E-state index contributed by atoms with van der Waals surface area (Å²) in [6.07, 6.45) is 0. The lowest BCUT2D eigenvalue weighted by Gasteiger charge is -2.06. The van der Waals surface area contributed by atoms with Crippen LogP contribution in [0.25, 0.3) is 0 Å². The second kappa shape index (κ2) is 4.62. The molecule has 0 aliphatic carbocycles. The van der Waals surface area contributed by atoms with Gasteiger partial charge in [0.1, 0.15) is 5.15 Å². The van der Waals surface area contributed by atoms with Gasteiger partial charge in [0.2, 0.25) is 0 Å². The zero-order chi connectivity index (χ0) is 10.7. The maximum atomic E-state index is 11.2. The Bertz CT molecular complexity index is 366. The van der Waals surface area contributed by atoms with E-state index in [4.69, 9.17) is 23.2 Å². The Balaban J connectivity index is 3.21. The van der Waals surface area contributed by atoms with Crippen LogP contribution in [0.5, 0.6) is 0 Å². The summed E-state index contributed by atoms with van der Waals surface area (Å²) >= 11 is 11.4. The lowest BCUT2D eigenvalue weighted by Crippen LogP contribution is -2.08. The van der Waals surface area contributed by atoms with E-state index in [1.165, 1.54) is 7.11 Å². The molecule has 5 heteroatoms. The fraction of sp³-hybridized carbons (Fsp3) is 0.333. The predicted molar refractivity (Wildman–Crippen MR) is 54.9 cm³/mol. The molecule has 1 rings (SSSR count). The van der Waals surface area contributed by atoms with Gasteiger partial charge in [-0.05, 0) is 18.6 Å². The highest BCUT2D eigenvalue weighted by Crippen LogP contribution is 2.19. The molecular formula is C9H9Cl2NO2. The van der Waals surface area contributed by atoms with Gasteiger partial charge < -0.3 is 4.74 Å². The van der Waals surface area contributed by atoms with Crippen LogP contribution >= 0.6 is 23.2 Å². The third-order valence-corrected chi connectivity index (χ3v) is 2.38. The zero-order valence-electron chi connectivity index (χ0n) is 7.80. The topological polar surface area (TPSA) is 39.2 Å². The van der Waals surface area contributed by atoms with Gasteiger partial charge in [-0.3, -0.25) is 0 Å². The normalized spacial score (nSPS) is 10.0. The Morgan fingerprint density at radius 1 is 1.64 bits per heavy atom. The van der Waals surface area contributed by atoms with Gasteiger partial charge in [-0.1, -0.05) is 11.6 Å². The summed E-state index contributed by atoms with van der Waals surface area (Å²) in [5.74, 6) is -0.223. The maximum absolute atomic E-state index is 11.2. The van der Waals surface area contributed by atoms with Crippen molar-refractivity contribution in [2.24, 2.45) is 0 Å². The number of carbonyl (C=O) groups excluding carboxylic acids is 1. The fourth-order valence-electron chi connectivity index (χ4n) is 1.04. The number of rotatable bonds is 2. The van der Waals surface area contributed by atoms with Crippen LogP contribution in [0.2, 0.25) is 5.15 Å². The van der Waals surface area contributed by atoms with Crippen LogP contribution in [-0.2, 0) is 10.6 Å². The van der Waals surface area contributed by atoms with Crippen molar-refractivity contribution < 1.29 is 9.53 Å². The number of pyridine rings is 1. The van der Waals surface area contributed by atoms with E-state index in [1.807, 2.05) is 0 Å². The minimum absolute atomic E-state index is 0.228. The highest BCUT2D eigenvalue weighted by molar-refractivity contribution is 6.31. The number of esters is 1. The molecule has 1 aromatic rings. The lowest BCUT2D eigenvalue weighted by atomic mass is 10.1. The predicted octanol–water partition coefficient (Wildman–Crippen LogP) is 2.57. The average molecular weight is 234 g/mol. The Hall–Kier alpha value is -0.800. The van der Waals surface area contributed by atoms with Gasteiger partial charge in [-0.15, -0.1) is 11.6 Å². The summed E-state index contributed by atoms with van der Waals surface area (Å²) in [5.41, 5.74) is 1.64. The van der Waals surface area contributed by atoms with E-state index in [9.17, 15) is 4.79 Å². The van der Waals surface area contributed by atoms with E-state index in [0.717, 1.165) is 0 Å². The van der Waals surface area contributed by atoms with E-state index in [-0.39, 0.29) is 16.7 Å². The molecule has 0 unspecified atom stereocenters. The molecule has 0 amide bonds. The maximum Gasteiger partial charge on any atom is 0.356 e. The molecule has 0 aliphatic rings. The third kappa shape index (κ3) is 2.16. The highest BCUT2D eigenvalue weighted by Gasteiger charge is 2.14. The minimum atomic E-state index is -0.495. The Kier molecular flexibility index (Phi) is 3.72. The third-order valence-electron chi connectivity index (χ3n) is 1.76. The number of aromatic nitrogens is 1. The van der Waals surface area contributed by atoms with Crippen molar-refractivity contribution in [3.63, 3.8) is 0 Å². The highest BCUT2D eigenvalue weighted by atomic mass is 35.5. The van der Waals surface area contributed by atoms with E-state index in [2.05, 4.69) is 9.72 Å². The summed E-state index contributed by atoms with van der Waals surface area (Å²) in [7, 11) is 1.30. The van der Waals surface area contributed by atoms with Gasteiger partial charge in [-0.25, -0.2) is 9.78 Å². The Labute approximate surface area is 92.0 Å². The van der Waals surface area contributed by atoms with Crippen molar-refractivity contribution in [2.45, 2.75) is 12.8 Å². The second-order valence-corrected chi connectivity index (χ2v) is 3.35. The summed E-state index contributed by atoms with van der Waals surface area (Å²) in [6.45, 7) is 1.76. The van der Waals surface area contributed by atoms with Crippen LogP contribution in [0.4, 0.5) is 0 Å². The van der Waals surface area contributed by atoms with E-state index >= 15 is 0 Å². The molecule has 0 saturated carbocycles. The number of alkyl halides is 1. The van der Waals surface area contributed by atoms with Gasteiger partial charge in [0.15, 0.2) is 5.69 Å². The number of ether oxygens (including phenoxy) is 1. The second-order valence-electron chi connectivity index (χ2n) is 2.73. The number of carbonyl (C=O) groups is 1. The van der Waals surface area contributed by atoms with Crippen molar-refractivity contribution in [3.8, 4) is 0 Å². The van der Waals surface area contributed by atoms with Crippen molar-refractivity contribution >= 4 is 29.2 Å². The van der Waals surface area contributed by atoms with Crippen molar-refractivity contribution in [1.82, 2.24) is 4.98 Å². The number of hydrogen-bond acceptors (Lipinski definition) is 3. The van der Waals surface area contributed by atoms with Crippen LogP contribution in [0.15, 0.2) is 6.07 Å².